The number of ether oxygens (including phenoxy) is 2. The Bertz CT molecular complexity index is 2410. The van der Waals surface area contributed by atoms with Gasteiger partial charge in [-0.05, 0) is 77.1 Å². The molecule has 12 heteroatoms. The van der Waals surface area contributed by atoms with E-state index in [0.29, 0.717) is 17.2 Å². The normalized spacial score (nSPS) is 17.4. The molecule has 10 nitrogen and oxygen atoms in total. The molecule has 7 rings (SSSR count). The zero-order chi connectivity index (χ0) is 40.5. The highest BCUT2D eigenvalue weighted by Gasteiger charge is 2.33. The van der Waals surface area contributed by atoms with E-state index in [1.165, 1.54) is 30.1 Å². The highest BCUT2D eigenvalue weighted by Crippen LogP contribution is 2.40. The van der Waals surface area contributed by atoms with E-state index in [0.717, 1.165) is 49.2 Å². The average molecular weight is 816 g/mol. The average Bonchev–Trinajstić information content (AvgIpc) is 3.25. The first-order valence-electron chi connectivity index (χ1n) is 19.0. The maximum Gasteiger partial charge on any atom is 0.251 e. The third kappa shape index (κ3) is 10.6. The Balaban J connectivity index is 1.07. The fraction of sp³-hybridized carbons (Fsp3) is 0.217. The second-order valence-electron chi connectivity index (χ2n) is 14.2. The molecule has 1 aromatic heterocycles. The Morgan fingerprint density at radius 2 is 1.52 bits per heavy atom. The van der Waals surface area contributed by atoms with Crippen LogP contribution in [0.1, 0.15) is 52.2 Å². The minimum absolute atomic E-state index is 0.0473. The van der Waals surface area contributed by atoms with Gasteiger partial charge in [0, 0.05) is 36.4 Å². The second kappa shape index (κ2) is 18.9. The molecule has 0 aliphatic carbocycles. The van der Waals surface area contributed by atoms with Gasteiger partial charge >= 0.3 is 0 Å². The van der Waals surface area contributed by atoms with Crippen LogP contribution in [-0.2, 0) is 43.9 Å². The van der Waals surface area contributed by atoms with Gasteiger partial charge in [-0.25, -0.2) is 8.42 Å². The number of hydrogen-bond donors (Lipinski definition) is 3. The first-order valence-corrected chi connectivity index (χ1v) is 21.5. The van der Waals surface area contributed by atoms with Crippen LogP contribution in [0, 0.1) is 12.1 Å². The Labute approximate surface area is 343 Å². The van der Waals surface area contributed by atoms with Gasteiger partial charge in [-0.2, -0.15) is 9.45 Å². The molecule has 2 heterocycles. The van der Waals surface area contributed by atoms with Crippen molar-refractivity contribution in [1.29, 1.82) is 0 Å². The lowest BCUT2D eigenvalue weighted by Gasteiger charge is -2.36. The number of thioether (sulfide) groups is 1. The van der Waals surface area contributed by atoms with Gasteiger partial charge in [0.05, 0.1) is 23.7 Å². The summed E-state index contributed by atoms with van der Waals surface area (Å²) in [7, 11) is -3.98. The summed E-state index contributed by atoms with van der Waals surface area (Å²) in [6.07, 6.45) is 1.04. The van der Waals surface area contributed by atoms with Crippen molar-refractivity contribution in [2.45, 2.75) is 67.4 Å². The Hall–Kier alpha value is -5.34. The van der Waals surface area contributed by atoms with Crippen molar-refractivity contribution in [3.05, 3.63) is 190 Å². The molecule has 0 saturated carbocycles. The van der Waals surface area contributed by atoms with Crippen molar-refractivity contribution < 1.29 is 32.5 Å². The summed E-state index contributed by atoms with van der Waals surface area (Å²) in [5.41, 5.74) is 7.03. The number of aryl methyl sites for hydroxylation is 1. The van der Waals surface area contributed by atoms with Gasteiger partial charge < -0.3 is 25.1 Å². The minimum atomic E-state index is -3.98. The highest BCUT2D eigenvalue weighted by molar-refractivity contribution is 7.99. The summed E-state index contributed by atoms with van der Waals surface area (Å²) in [4.78, 5) is 13.8. The molecular formula is C46H45N3O7S2. The van der Waals surface area contributed by atoms with Gasteiger partial charge in [-0.3, -0.25) is 4.79 Å². The van der Waals surface area contributed by atoms with Crippen molar-refractivity contribution in [2.24, 2.45) is 0 Å². The number of sulfonamides is 1. The van der Waals surface area contributed by atoms with Crippen molar-refractivity contribution in [3.8, 4) is 11.1 Å². The molecule has 6 aromatic rings. The van der Waals surface area contributed by atoms with E-state index in [1.54, 1.807) is 24.3 Å². The number of aliphatic hydroxyl groups excluding tert-OH is 1. The molecule has 1 fully saturated rings. The van der Waals surface area contributed by atoms with E-state index in [-0.39, 0.29) is 36.7 Å². The van der Waals surface area contributed by atoms with Crippen LogP contribution in [-0.4, -0.2) is 37.3 Å². The quantitative estimate of drug-likeness (QED) is 0.0557. The fourth-order valence-corrected chi connectivity index (χ4v) is 8.90. The van der Waals surface area contributed by atoms with Crippen LogP contribution in [0.25, 0.3) is 11.1 Å². The summed E-state index contributed by atoms with van der Waals surface area (Å²) in [6, 6.07) is 43.6. The standard InChI is InChI=1S/C46H45N3O7S2/c1-32-16-22-41(23-17-32)58(53,54)48-42(26-33-9-3-2-4-10-33)45(51)47-29-35-11-7-12-37(25-35)38-13-8-14-39(27-38)46-55-40(31-57-44-15-5-6-24-49(44)52)28-43(56-46)36-20-18-34(30-50)19-21-36/h2-25,27,40,42-43,46,48,50H,26,28-31H2,1H3,(H,47,51)/t40-,42+,43+,46+/m0/s1. The van der Waals surface area contributed by atoms with Crippen LogP contribution < -0.4 is 14.8 Å². The number of aliphatic hydroxyl groups is 1. The number of amides is 1. The third-order valence-electron chi connectivity index (χ3n) is 9.93. The molecule has 0 spiro atoms. The molecule has 1 saturated heterocycles. The number of carbonyl (C=O) groups excluding carboxylic acids is 1. The summed E-state index contributed by atoms with van der Waals surface area (Å²) >= 11 is 1.44. The number of nitrogens with one attached hydrogen (secondary N) is 2. The Morgan fingerprint density at radius 1 is 0.810 bits per heavy atom. The summed E-state index contributed by atoms with van der Waals surface area (Å²) in [5, 5.41) is 25.5. The lowest BCUT2D eigenvalue weighted by Crippen LogP contribution is -2.47. The molecule has 1 aliphatic rings. The maximum atomic E-state index is 13.7. The van der Waals surface area contributed by atoms with E-state index in [9.17, 15) is 23.5 Å². The number of nitrogens with zero attached hydrogens (tertiary/aromatic N) is 1. The van der Waals surface area contributed by atoms with Crippen molar-refractivity contribution in [2.75, 3.05) is 5.75 Å². The molecule has 0 bridgehead atoms. The monoisotopic (exact) mass is 815 g/mol. The van der Waals surface area contributed by atoms with E-state index in [1.807, 2.05) is 116 Å². The first kappa shape index (κ1) is 40.8. The predicted octanol–water partition coefficient (Wildman–Crippen LogP) is 7.33. The zero-order valence-corrected chi connectivity index (χ0v) is 33.6. The third-order valence-corrected chi connectivity index (χ3v) is 12.6. The molecule has 0 unspecified atom stereocenters. The van der Waals surface area contributed by atoms with Crippen LogP contribution in [0.2, 0.25) is 0 Å². The number of aromatic nitrogens is 1. The van der Waals surface area contributed by atoms with Crippen LogP contribution in [0.5, 0.6) is 0 Å². The molecule has 298 valence electrons. The summed E-state index contributed by atoms with van der Waals surface area (Å²) in [6.45, 7) is 2.01. The maximum absolute atomic E-state index is 13.7. The van der Waals surface area contributed by atoms with Crippen LogP contribution in [0.15, 0.2) is 162 Å². The smallest absolute Gasteiger partial charge is 0.251 e. The minimum Gasteiger partial charge on any atom is -0.618 e. The van der Waals surface area contributed by atoms with Gasteiger partial charge in [0.1, 0.15) is 6.04 Å². The highest BCUT2D eigenvalue weighted by atomic mass is 32.2. The van der Waals surface area contributed by atoms with Crippen molar-refractivity contribution in [3.63, 3.8) is 0 Å². The topological polar surface area (TPSA) is 141 Å². The van der Waals surface area contributed by atoms with E-state index in [2.05, 4.69) is 10.0 Å². The SMILES string of the molecule is Cc1ccc(S(=O)(=O)N[C@H](Cc2ccccc2)C(=O)NCc2cccc(-c3cccc([C@@H]4O[C@H](CSc5cccc[n+]5[O-])C[C@H](c5ccc(CO)cc5)O4)c3)c2)cc1. The summed E-state index contributed by atoms with van der Waals surface area (Å²) < 4.78 is 43.4. The van der Waals surface area contributed by atoms with Crippen LogP contribution >= 0.6 is 11.8 Å². The first-order chi connectivity index (χ1) is 28.1. The Kier molecular flexibility index (Phi) is 13.3. The number of pyridine rings is 1. The van der Waals surface area contributed by atoms with Crippen molar-refractivity contribution in [1.82, 2.24) is 10.0 Å². The van der Waals surface area contributed by atoms with E-state index in [4.69, 9.17) is 9.47 Å². The lowest BCUT2D eigenvalue weighted by molar-refractivity contribution is -0.645. The van der Waals surface area contributed by atoms with Gasteiger partial charge in [0.2, 0.25) is 15.9 Å². The van der Waals surface area contributed by atoms with E-state index < -0.39 is 28.3 Å². The fourth-order valence-electron chi connectivity index (χ4n) is 6.77. The van der Waals surface area contributed by atoms with Gasteiger partial charge in [-0.15, -0.1) is 0 Å². The van der Waals surface area contributed by atoms with Crippen molar-refractivity contribution >= 4 is 27.7 Å². The number of rotatable bonds is 15. The summed E-state index contributed by atoms with van der Waals surface area (Å²) in [5.74, 6) is 0.105. The van der Waals surface area contributed by atoms with Gasteiger partial charge in [0.25, 0.3) is 5.03 Å². The largest absolute Gasteiger partial charge is 0.618 e. The van der Waals surface area contributed by atoms with Crippen LogP contribution in [0.3, 0.4) is 0 Å². The predicted molar refractivity (Wildman–Crippen MR) is 224 cm³/mol. The molecule has 1 amide bonds. The zero-order valence-electron chi connectivity index (χ0n) is 31.9. The number of carbonyl (C=O) groups is 1. The lowest BCUT2D eigenvalue weighted by atomic mass is 9.99. The Morgan fingerprint density at radius 3 is 2.26 bits per heavy atom. The molecule has 5 aromatic carbocycles. The molecular weight excluding hydrogens is 771 g/mol. The number of benzene rings is 5. The van der Waals surface area contributed by atoms with Gasteiger partial charge in [-0.1, -0.05) is 120 Å². The van der Waals surface area contributed by atoms with E-state index >= 15 is 0 Å². The molecule has 4 atom stereocenters. The van der Waals surface area contributed by atoms with Crippen LogP contribution in [0.4, 0.5) is 0 Å². The molecule has 3 N–H and O–H groups in total. The molecule has 58 heavy (non-hydrogen) atoms. The number of hydrogen-bond acceptors (Lipinski definition) is 8. The van der Waals surface area contributed by atoms with Gasteiger partial charge in [0.15, 0.2) is 12.5 Å². The molecule has 1 aliphatic heterocycles. The second-order valence-corrected chi connectivity index (χ2v) is 17.0. The molecule has 0 radical (unpaired) electrons.